The smallest absolute Gasteiger partial charge is 0.242 e. The average Bonchev–Trinajstić information content (AvgIpc) is 2.57. The van der Waals surface area contributed by atoms with Gasteiger partial charge in [-0.05, 0) is 38.2 Å². The highest BCUT2D eigenvalue weighted by Gasteiger charge is 2.18. The van der Waals surface area contributed by atoms with Gasteiger partial charge < -0.3 is 10.1 Å². The van der Waals surface area contributed by atoms with E-state index in [0.717, 1.165) is 0 Å². The molecule has 2 rings (SSSR count). The van der Waals surface area contributed by atoms with Crippen molar-refractivity contribution in [1.82, 2.24) is 9.88 Å². The lowest BCUT2D eigenvalue weighted by atomic mass is 10.2. The summed E-state index contributed by atoms with van der Waals surface area (Å²) in [5.74, 6) is 0.956. The van der Waals surface area contributed by atoms with E-state index in [0.29, 0.717) is 34.8 Å². The Labute approximate surface area is 151 Å². The maximum atomic E-state index is 12.2. The minimum absolute atomic E-state index is 0.148. The molecule has 0 spiro atoms. The zero-order valence-corrected chi connectivity index (χ0v) is 15.0. The number of carbonyl (C=O) groups is 1. The predicted molar refractivity (Wildman–Crippen MR) is 96.9 cm³/mol. The fraction of sp³-hybridized carbons (Fsp3) is 0.294. The summed E-state index contributed by atoms with van der Waals surface area (Å²) in [6.45, 7) is 2.83. The summed E-state index contributed by atoms with van der Waals surface area (Å²) in [5.41, 5.74) is 0. The summed E-state index contributed by atoms with van der Waals surface area (Å²) < 4.78 is 5.64. The monoisotopic (exact) mass is 367 g/mol. The zero-order chi connectivity index (χ0) is 17.5. The van der Waals surface area contributed by atoms with Gasteiger partial charge in [-0.2, -0.15) is 0 Å². The van der Waals surface area contributed by atoms with Gasteiger partial charge in [0.05, 0.1) is 16.1 Å². The Kier molecular flexibility index (Phi) is 6.85. The van der Waals surface area contributed by atoms with Gasteiger partial charge in [0.25, 0.3) is 0 Å². The third-order valence-electron chi connectivity index (χ3n) is 3.56. The molecule has 7 heteroatoms. The molecule has 0 aliphatic heterocycles. The highest BCUT2D eigenvalue weighted by atomic mass is 35.5. The molecule has 0 aliphatic carbocycles. The van der Waals surface area contributed by atoms with Gasteiger partial charge >= 0.3 is 0 Å². The highest BCUT2D eigenvalue weighted by molar-refractivity contribution is 6.32. The molecule has 0 aliphatic rings. The molecule has 0 saturated carbocycles. The van der Waals surface area contributed by atoms with E-state index in [1.165, 1.54) is 6.20 Å². The first-order chi connectivity index (χ1) is 11.5. The summed E-state index contributed by atoms with van der Waals surface area (Å²) in [6, 6.07) is 10.3. The number of amides is 1. The molecule has 128 valence electrons. The van der Waals surface area contributed by atoms with Gasteiger partial charge in [0.15, 0.2) is 0 Å². The van der Waals surface area contributed by atoms with Crippen LogP contribution in [-0.4, -0.2) is 42.0 Å². The lowest BCUT2D eigenvalue weighted by Gasteiger charge is -2.23. The summed E-state index contributed by atoms with van der Waals surface area (Å²) in [4.78, 5) is 18.2. The molecule has 1 heterocycles. The Morgan fingerprint density at radius 2 is 2.04 bits per heavy atom. The first kappa shape index (κ1) is 18.5. The van der Waals surface area contributed by atoms with Crippen LogP contribution in [0, 0.1) is 0 Å². The summed E-state index contributed by atoms with van der Waals surface area (Å²) in [7, 11) is 1.86. The minimum atomic E-state index is -0.336. The molecular weight excluding hydrogens is 349 g/mol. The van der Waals surface area contributed by atoms with E-state index in [-0.39, 0.29) is 11.9 Å². The number of halogens is 2. The maximum Gasteiger partial charge on any atom is 0.242 e. The van der Waals surface area contributed by atoms with E-state index in [2.05, 4.69) is 10.3 Å². The third kappa shape index (κ3) is 5.37. The Balaban J connectivity index is 1.80. The van der Waals surface area contributed by atoms with E-state index in [9.17, 15) is 4.79 Å². The third-order valence-corrected chi connectivity index (χ3v) is 4.09. The number of hydrogen-bond donors (Lipinski definition) is 1. The quantitative estimate of drug-likeness (QED) is 0.809. The van der Waals surface area contributed by atoms with Gasteiger partial charge in [-0.25, -0.2) is 4.98 Å². The molecule has 0 saturated heterocycles. The van der Waals surface area contributed by atoms with Crippen LogP contribution in [-0.2, 0) is 4.79 Å². The number of pyridine rings is 1. The van der Waals surface area contributed by atoms with E-state index in [1.54, 1.807) is 18.2 Å². The van der Waals surface area contributed by atoms with Gasteiger partial charge in [0.2, 0.25) is 5.91 Å². The fourth-order valence-corrected chi connectivity index (χ4v) is 2.24. The summed E-state index contributed by atoms with van der Waals surface area (Å²) >= 11 is 11.8. The first-order valence-electron chi connectivity index (χ1n) is 7.47. The summed E-state index contributed by atoms with van der Waals surface area (Å²) in [6.07, 6.45) is 1.49. The molecule has 0 radical (unpaired) electrons. The molecule has 2 aromatic rings. The van der Waals surface area contributed by atoms with Gasteiger partial charge in [-0.3, -0.25) is 9.69 Å². The van der Waals surface area contributed by atoms with Crippen molar-refractivity contribution >= 4 is 34.9 Å². The normalized spacial score (nSPS) is 12.0. The lowest BCUT2D eigenvalue weighted by molar-refractivity contribution is -0.120. The fourth-order valence-electron chi connectivity index (χ4n) is 1.94. The van der Waals surface area contributed by atoms with E-state index < -0.39 is 0 Å². The minimum Gasteiger partial charge on any atom is -0.491 e. The molecule has 1 atom stereocenters. The molecular formula is C17H19Cl2N3O2. The molecule has 1 aromatic heterocycles. The number of ether oxygens (including phenoxy) is 1. The molecule has 5 nitrogen and oxygen atoms in total. The van der Waals surface area contributed by atoms with E-state index >= 15 is 0 Å². The van der Waals surface area contributed by atoms with Crippen molar-refractivity contribution in [2.24, 2.45) is 0 Å². The van der Waals surface area contributed by atoms with E-state index in [4.69, 9.17) is 27.9 Å². The van der Waals surface area contributed by atoms with Crippen LogP contribution >= 0.6 is 23.2 Å². The van der Waals surface area contributed by atoms with Gasteiger partial charge in [0.1, 0.15) is 18.2 Å². The number of aromatic nitrogens is 1. The molecule has 1 amide bonds. The molecule has 0 bridgehead atoms. The first-order valence-corrected chi connectivity index (χ1v) is 8.23. The van der Waals surface area contributed by atoms with Crippen LogP contribution in [0.1, 0.15) is 6.92 Å². The van der Waals surface area contributed by atoms with Gasteiger partial charge in [-0.1, -0.05) is 35.3 Å². The van der Waals surface area contributed by atoms with Gasteiger partial charge in [-0.15, -0.1) is 0 Å². The van der Waals surface area contributed by atoms with Crippen LogP contribution in [0.3, 0.4) is 0 Å². The van der Waals surface area contributed by atoms with E-state index in [1.807, 2.05) is 37.1 Å². The highest BCUT2D eigenvalue weighted by Crippen LogP contribution is 2.22. The number of hydrogen-bond acceptors (Lipinski definition) is 4. The Hall–Kier alpha value is -1.82. The van der Waals surface area contributed by atoms with Crippen LogP contribution in [0.5, 0.6) is 5.75 Å². The van der Waals surface area contributed by atoms with Crippen LogP contribution in [0.25, 0.3) is 0 Å². The standard InChI is InChI=1S/C17H19Cl2N3O2/c1-12(17(23)21-16-8-7-13(18)11-20-16)22(2)9-10-24-15-6-4-3-5-14(15)19/h3-8,11-12H,9-10H2,1-2H3,(H,20,21,23). The van der Waals surface area contributed by atoms with Crippen LogP contribution in [0.15, 0.2) is 42.6 Å². The van der Waals surface area contributed by atoms with Crippen LogP contribution < -0.4 is 10.1 Å². The number of likely N-dealkylation sites (N-methyl/N-ethyl adjacent to an activating group) is 1. The van der Waals surface area contributed by atoms with Gasteiger partial charge in [0, 0.05) is 12.7 Å². The van der Waals surface area contributed by atoms with Crippen molar-refractivity contribution in [3.63, 3.8) is 0 Å². The molecule has 1 unspecified atom stereocenters. The Morgan fingerprint density at radius 3 is 2.71 bits per heavy atom. The molecule has 1 N–H and O–H groups in total. The second-order valence-electron chi connectivity index (χ2n) is 5.29. The number of nitrogens with one attached hydrogen (secondary N) is 1. The number of anilines is 1. The Bertz CT molecular complexity index is 680. The van der Waals surface area contributed by atoms with Crippen molar-refractivity contribution in [3.05, 3.63) is 52.6 Å². The SMILES string of the molecule is CC(C(=O)Nc1ccc(Cl)cn1)N(C)CCOc1ccccc1Cl. The number of para-hydroxylation sites is 1. The van der Waals surface area contributed by atoms with Crippen molar-refractivity contribution in [2.45, 2.75) is 13.0 Å². The van der Waals surface area contributed by atoms with Crippen LogP contribution in [0.4, 0.5) is 5.82 Å². The molecule has 0 fully saturated rings. The second-order valence-corrected chi connectivity index (χ2v) is 6.13. The lowest BCUT2D eigenvalue weighted by Crippen LogP contribution is -2.41. The van der Waals surface area contributed by atoms with Crippen molar-refractivity contribution < 1.29 is 9.53 Å². The predicted octanol–water partition coefficient (Wildman–Crippen LogP) is 3.73. The topological polar surface area (TPSA) is 54.5 Å². The second kappa shape index (κ2) is 8.87. The van der Waals surface area contributed by atoms with Crippen molar-refractivity contribution in [1.29, 1.82) is 0 Å². The summed E-state index contributed by atoms with van der Waals surface area (Å²) in [5, 5.41) is 3.85. The Morgan fingerprint density at radius 1 is 1.29 bits per heavy atom. The number of benzene rings is 1. The van der Waals surface area contributed by atoms with Crippen molar-refractivity contribution in [3.8, 4) is 5.75 Å². The number of nitrogens with zero attached hydrogens (tertiary/aromatic N) is 2. The van der Waals surface area contributed by atoms with Crippen molar-refractivity contribution in [2.75, 3.05) is 25.5 Å². The molecule has 1 aromatic carbocycles. The van der Waals surface area contributed by atoms with Crippen LogP contribution in [0.2, 0.25) is 10.0 Å². The zero-order valence-electron chi connectivity index (χ0n) is 13.5. The average molecular weight is 368 g/mol. The maximum absolute atomic E-state index is 12.2. The largest absolute Gasteiger partial charge is 0.491 e. The number of carbonyl (C=O) groups excluding carboxylic acids is 1. The molecule has 24 heavy (non-hydrogen) atoms. The number of rotatable bonds is 7.